The Labute approximate surface area is 152 Å². The number of likely N-dealkylation sites (N-methyl/N-ethyl adjacent to an activating group) is 1. The molecular weight excluding hydrogens is 334 g/mol. The summed E-state index contributed by atoms with van der Waals surface area (Å²) in [5, 5.41) is 16.1. The lowest BCUT2D eigenvalue weighted by Crippen LogP contribution is -2.29. The van der Waals surface area contributed by atoms with Crippen LogP contribution in [0, 0.1) is 11.3 Å². The third kappa shape index (κ3) is 6.25. The topological polar surface area (TPSA) is 74.0 Å². The van der Waals surface area contributed by atoms with Gasteiger partial charge < -0.3 is 5.32 Å². The minimum Gasteiger partial charge on any atom is -0.324 e. The molecule has 132 valence electrons. The van der Waals surface area contributed by atoms with Crippen molar-refractivity contribution in [3.8, 4) is 6.07 Å². The lowest BCUT2D eigenvalue weighted by atomic mass is 10.3. The predicted octanol–water partition coefficient (Wildman–Crippen LogP) is 2.88. The molecule has 0 fully saturated rings. The standard InChI is InChI=1S/C18H23N5OS/c1-14(8-9-19)25-17-7-5-4-6-16(17)21-18(24)13-22(2)11-15-10-20-23(3)12-15/h4-7,10,12,14H,8,11,13H2,1-3H3,(H,21,24). The van der Waals surface area contributed by atoms with E-state index in [1.165, 1.54) is 0 Å². The van der Waals surface area contributed by atoms with Crippen LogP contribution in [-0.2, 0) is 18.4 Å². The normalized spacial score (nSPS) is 12.0. The molecule has 1 unspecified atom stereocenters. The molecule has 1 aromatic heterocycles. The van der Waals surface area contributed by atoms with E-state index in [2.05, 4.69) is 16.5 Å². The molecule has 2 rings (SSSR count). The van der Waals surface area contributed by atoms with Crippen molar-refractivity contribution < 1.29 is 4.79 Å². The van der Waals surface area contributed by atoms with E-state index in [4.69, 9.17) is 5.26 Å². The summed E-state index contributed by atoms with van der Waals surface area (Å²) in [4.78, 5) is 15.3. The van der Waals surface area contributed by atoms with Gasteiger partial charge in [0.05, 0.1) is 24.5 Å². The summed E-state index contributed by atoms with van der Waals surface area (Å²) in [7, 11) is 3.78. The van der Waals surface area contributed by atoms with Gasteiger partial charge in [-0.05, 0) is 19.2 Å². The maximum atomic E-state index is 12.3. The van der Waals surface area contributed by atoms with E-state index in [0.29, 0.717) is 19.5 Å². The van der Waals surface area contributed by atoms with Crippen LogP contribution >= 0.6 is 11.8 Å². The van der Waals surface area contributed by atoms with Crippen molar-refractivity contribution in [3.05, 3.63) is 42.2 Å². The number of benzene rings is 1. The Morgan fingerprint density at radius 2 is 2.24 bits per heavy atom. The van der Waals surface area contributed by atoms with E-state index in [9.17, 15) is 4.79 Å². The molecule has 0 aliphatic rings. The van der Waals surface area contributed by atoms with Gasteiger partial charge in [0.15, 0.2) is 0 Å². The van der Waals surface area contributed by atoms with Crippen LogP contribution in [0.25, 0.3) is 0 Å². The predicted molar refractivity (Wildman–Crippen MR) is 100 cm³/mol. The van der Waals surface area contributed by atoms with Crippen molar-refractivity contribution in [2.75, 3.05) is 18.9 Å². The molecule has 0 saturated heterocycles. The van der Waals surface area contributed by atoms with Gasteiger partial charge in [-0.2, -0.15) is 10.4 Å². The second-order valence-electron chi connectivity index (χ2n) is 6.03. The van der Waals surface area contributed by atoms with Crippen molar-refractivity contribution >= 4 is 23.4 Å². The summed E-state index contributed by atoms with van der Waals surface area (Å²) >= 11 is 1.60. The molecule has 7 heteroatoms. The Bertz CT molecular complexity index is 752. The number of thioether (sulfide) groups is 1. The van der Waals surface area contributed by atoms with Gasteiger partial charge in [0.25, 0.3) is 0 Å². The molecule has 6 nitrogen and oxygen atoms in total. The van der Waals surface area contributed by atoms with Gasteiger partial charge in [-0.15, -0.1) is 11.8 Å². The number of nitriles is 1. The number of carbonyl (C=O) groups excluding carboxylic acids is 1. The molecule has 0 aliphatic heterocycles. The number of carbonyl (C=O) groups is 1. The molecule has 25 heavy (non-hydrogen) atoms. The smallest absolute Gasteiger partial charge is 0.238 e. The lowest BCUT2D eigenvalue weighted by Gasteiger charge is -2.17. The Hall–Kier alpha value is -2.30. The molecule has 1 heterocycles. The van der Waals surface area contributed by atoms with Crippen molar-refractivity contribution in [1.82, 2.24) is 14.7 Å². The van der Waals surface area contributed by atoms with E-state index < -0.39 is 0 Å². The lowest BCUT2D eigenvalue weighted by molar-refractivity contribution is -0.117. The Morgan fingerprint density at radius 1 is 1.48 bits per heavy atom. The van der Waals surface area contributed by atoms with Gasteiger partial charge >= 0.3 is 0 Å². The van der Waals surface area contributed by atoms with Crippen LogP contribution in [0.4, 0.5) is 5.69 Å². The van der Waals surface area contributed by atoms with Gasteiger partial charge in [0.2, 0.25) is 5.91 Å². The van der Waals surface area contributed by atoms with Crippen molar-refractivity contribution in [3.63, 3.8) is 0 Å². The van der Waals surface area contributed by atoms with E-state index in [1.54, 1.807) is 22.6 Å². The van der Waals surface area contributed by atoms with Crippen LogP contribution < -0.4 is 5.32 Å². The average molecular weight is 357 g/mol. The zero-order valence-corrected chi connectivity index (χ0v) is 15.6. The first-order chi connectivity index (χ1) is 12.0. The number of hydrogen-bond acceptors (Lipinski definition) is 5. The summed E-state index contributed by atoms with van der Waals surface area (Å²) in [6.07, 6.45) is 4.22. The van der Waals surface area contributed by atoms with Crippen LogP contribution in [0.15, 0.2) is 41.6 Å². The minimum atomic E-state index is -0.0626. The number of nitrogens with zero attached hydrogens (tertiary/aromatic N) is 4. The van der Waals surface area contributed by atoms with Crippen LogP contribution in [0.3, 0.4) is 0 Å². The number of hydrogen-bond donors (Lipinski definition) is 1. The summed E-state index contributed by atoms with van der Waals surface area (Å²) in [5.41, 5.74) is 1.86. The summed E-state index contributed by atoms with van der Waals surface area (Å²) in [6.45, 7) is 2.96. The third-order valence-corrected chi connectivity index (χ3v) is 4.67. The molecular formula is C18H23N5OS. The number of para-hydroxylation sites is 1. The molecule has 2 aromatic rings. The number of rotatable bonds is 8. The van der Waals surface area contributed by atoms with E-state index >= 15 is 0 Å². The highest BCUT2D eigenvalue weighted by atomic mass is 32.2. The van der Waals surface area contributed by atoms with Crippen molar-refractivity contribution in [2.24, 2.45) is 7.05 Å². The highest BCUT2D eigenvalue weighted by Gasteiger charge is 2.12. The van der Waals surface area contributed by atoms with Gasteiger partial charge in [0, 0.05) is 41.9 Å². The molecule has 0 aliphatic carbocycles. The zero-order chi connectivity index (χ0) is 18.2. The molecule has 1 N–H and O–H groups in total. The third-order valence-electron chi connectivity index (χ3n) is 3.49. The molecule has 1 amide bonds. The first kappa shape index (κ1) is 19.0. The molecule has 0 saturated carbocycles. The molecule has 0 radical (unpaired) electrons. The van der Waals surface area contributed by atoms with Gasteiger partial charge in [0.1, 0.15) is 0 Å². The maximum Gasteiger partial charge on any atom is 0.238 e. The molecule has 0 bridgehead atoms. The fourth-order valence-electron chi connectivity index (χ4n) is 2.42. The molecule has 1 aromatic carbocycles. The minimum absolute atomic E-state index is 0.0626. The van der Waals surface area contributed by atoms with E-state index in [1.807, 2.05) is 56.4 Å². The summed E-state index contributed by atoms with van der Waals surface area (Å²) in [6, 6.07) is 9.87. The Balaban J connectivity index is 1.92. The van der Waals surface area contributed by atoms with Gasteiger partial charge in [-0.1, -0.05) is 19.1 Å². The summed E-state index contributed by atoms with van der Waals surface area (Å²) < 4.78 is 1.75. The highest BCUT2D eigenvalue weighted by Crippen LogP contribution is 2.31. The quantitative estimate of drug-likeness (QED) is 0.735. The van der Waals surface area contributed by atoms with Crippen molar-refractivity contribution in [2.45, 2.75) is 30.0 Å². The zero-order valence-electron chi connectivity index (χ0n) is 14.8. The maximum absolute atomic E-state index is 12.3. The number of aryl methyl sites for hydroxylation is 1. The van der Waals surface area contributed by atoms with Crippen LogP contribution in [0.1, 0.15) is 18.9 Å². The number of amides is 1. The summed E-state index contributed by atoms with van der Waals surface area (Å²) in [5.74, 6) is -0.0626. The second-order valence-corrected chi connectivity index (χ2v) is 7.51. The monoisotopic (exact) mass is 357 g/mol. The van der Waals surface area contributed by atoms with E-state index in [0.717, 1.165) is 16.1 Å². The number of nitrogens with one attached hydrogen (secondary N) is 1. The molecule has 0 spiro atoms. The first-order valence-corrected chi connectivity index (χ1v) is 8.94. The highest BCUT2D eigenvalue weighted by molar-refractivity contribution is 8.00. The number of aromatic nitrogens is 2. The SMILES string of the molecule is CC(CC#N)Sc1ccccc1NC(=O)CN(C)Cc1cnn(C)c1. The van der Waals surface area contributed by atoms with Crippen molar-refractivity contribution in [1.29, 1.82) is 5.26 Å². The fraction of sp³-hybridized carbons (Fsp3) is 0.389. The largest absolute Gasteiger partial charge is 0.324 e. The second kappa shape index (κ2) is 9.25. The Morgan fingerprint density at radius 3 is 2.92 bits per heavy atom. The van der Waals surface area contributed by atoms with E-state index in [-0.39, 0.29) is 11.2 Å². The first-order valence-electron chi connectivity index (χ1n) is 8.06. The Kier molecular flexibility index (Phi) is 7.04. The van der Waals surface area contributed by atoms with Gasteiger partial charge in [-0.3, -0.25) is 14.4 Å². The fourth-order valence-corrected chi connectivity index (χ4v) is 3.41. The molecule has 1 atom stereocenters. The van der Waals surface area contributed by atoms with Crippen LogP contribution in [0.5, 0.6) is 0 Å². The van der Waals surface area contributed by atoms with Crippen LogP contribution in [0.2, 0.25) is 0 Å². The van der Waals surface area contributed by atoms with Crippen LogP contribution in [-0.4, -0.2) is 39.4 Å². The number of anilines is 1. The average Bonchev–Trinajstić information content (AvgIpc) is 2.94. The van der Waals surface area contributed by atoms with Gasteiger partial charge in [-0.25, -0.2) is 0 Å².